The molecule has 0 bridgehead atoms. The van der Waals surface area contributed by atoms with E-state index in [1.165, 1.54) is 5.57 Å². The molecule has 4 nitrogen and oxygen atoms in total. The van der Waals surface area contributed by atoms with Crippen LogP contribution in [0.4, 0.5) is 0 Å². The Morgan fingerprint density at radius 3 is 2.72 bits per heavy atom. The fourth-order valence-electron chi connectivity index (χ4n) is 4.89. The summed E-state index contributed by atoms with van der Waals surface area (Å²) < 4.78 is 0. The van der Waals surface area contributed by atoms with Crippen LogP contribution in [0.2, 0.25) is 0 Å². The van der Waals surface area contributed by atoms with E-state index in [2.05, 4.69) is 17.9 Å². The monoisotopic (exact) mass is 346 g/mol. The minimum Gasteiger partial charge on any atom is -0.481 e. The fourth-order valence-corrected chi connectivity index (χ4v) is 4.89. The number of hydrogen-bond donors (Lipinski definition) is 3. The van der Waals surface area contributed by atoms with E-state index < -0.39 is 5.97 Å². The average molecular weight is 346 g/mol. The SMILES string of the molecule is O=C(O)CC/C=C1/CC2C1CCC(O)C2C#CCCC1CCCC1O. The number of aliphatic hydroxyl groups is 2. The normalized spacial score (nSPS) is 38.6. The lowest BCUT2D eigenvalue weighted by Crippen LogP contribution is -2.44. The second-order valence-corrected chi connectivity index (χ2v) is 7.97. The smallest absolute Gasteiger partial charge is 0.303 e. The predicted octanol–water partition coefficient (Wildman–Crippen LogP) is 3.13. The molecule has 138 valence electrons. The molecule has 3 rings (SSSR count). The van der Waals surface area contributed by atoms with Gasteiger partial charge in [0.25, 0.3) is 0 Å². The Hall–Kier alpha value is -1.31. The molecular weight excluding hydrogens is 316 g/mol. The third-order valence-corrected chi connectivity index (χ3v) is 6.41. The maximum absolute atomic E-state index is 10.6. The van der Waals surface area contributed by atoms with Gasteiger partial charge in [-0.2, -0.15) is 0 Å². The number of carboxylic acid groups (broad SMARTS) is 1. The summed E-state index contributed by atoms with van der Waals surface area (Å²) in [7, 11) is 0. The van der Waals surface area contributed by atoms with Gasteiger partial charge in [-0.1, -0.05) is 24.0 Å². The van der Waals surface area contributed by atoms with Crippen LogP contribution in [0.1, 0.15) is 64.2 Å². The summed E-state index contributed by atoms with van der Waals surface area (Å²) in [5, 5.41) is 29.0. The molecule has 0 aromatic carbocycles. The number of rotatable bonds is 5. The molecule has 0 aliphatic heterocycles. The number of fused-ring (bicyclic) bond motifs is 1. The van der Waals surface area contributed by atoms with Gasteiger partial charge in [-0.05, 0) is 62.7 Å². The molecule has 0 aromatic heterocycles. The fraction of sp³-hybridized carbons (Fsp3) is 0.762. The number of aliphatic carboxylic acids is 1. The highest BCUT2D eigenvalue weighted by molar-refractivity contribution is 5.66. The van der Waals surface area contributed by atoms with Gasteiger partial charge in [-0.15, -0.1) is 5.92 Å². The highest BCUT2D eigenvalue weighted by atomic mass is 16.4. The van der Waals surface area contributed by atoms with Gasteiger partial charge in [0.05, 0.1) is 12.2 Å². The minimum atomic E-state index is -0.747. The summed E-state index contributed by atoms with van der Waals surface area (Å²) in [5.74, 6) is 7.25. The number of carboxylic acids is 1. The van der Waals surface area contributed by atoms with Gasteiger partial charge in [0.15, 0.2) is 0 Å². The maximum Gasteiger partial charge on any atom is 0.303 e. The molecule has 3 aliphatic rings. The minimum absolute atomic E-state index is 0.0591. The van der Waals surface area contributed by atoms with Crippen molar-refractivity contribution in [2.45, 2.75) is 76.4 Å². The molecule has 4 heteroatoms. The largest absolute Gasteiger partial charge is 0.481 e. The molecule has 0 heterocycles. The molecule has 0 amide bonds. The third kappa shape index (κ3) is 4.46. The van der Waals surface area contributed by atoms with E-state index in [1.807, 2.05) is 0 Å². The second-order valence-electron chi connectivity index (χ2n) is 7.97. The van der Waals surface area contributed by atoms with Gasteiger partial charge >= 0.3 is 5.97 Å². The van der Waals surface area contributed by atoms with Gasteiger partial charge in [0, 0.05) is 18.8 Å². The Bertz CT molecular complexity index is 570. The molecule has 3 saturated carbocycles. The number of hydrogen-bond acceptors (Lipinski definition) is 3. The highest BCUT2D eigenvalue weighted by Crippen LogP contribution is 2.51. The van der Waals surface area contributed by atoms with Crippen molar-refractivity contribution in [1.29, 1.82) is 0 Å². The Morgan fingerprint density at radius 2 is 2.00 bits per heavy atom. The molecule has 3 aliphatic carbocycles. The van der Waals surface area contributed by atoms with Crippen molar-refractivity contribution in [2.24, 2.45) is 23.7 Å². The van der Waals surface area contributed by atoms with E-state index in [0.717, 1.165) is 51.4 Å². The lowest BCUT2D eigenvalue weighted by Gasteiger charge is -2.48. The molecule has 0 saturated heterocycles. The van der Waals surface area contributed by atoms with Gasteiger partial charge in [-0.25, -0.2) is 0 Å². The first-order valence-corrected chi connectivity index (χ1v) is 9.81. The van der Waals surface area contributed by atoms with Gasteiger partial charge in [0.1, 0.15) is 0 Å². The standard InChI is InChI=1S/C21H30O4/c22-19-9-3-6-14(19)5-1-2-8-17-18-13-15(7-4-10-21(24)25)16(18)11-12-20(17)23/h7,14,16-20,22-23H,1,3-6,9-13H2,(H,24,25)/b15-7-. The van der Waals surface area contributed by atoms with Crippen LogP contribution in [0.3, 0.4) is 0 Å². The van der Waals surface area contributed by atoms with E-state index in [1.54, 1.807) is 0 Å². The van der Waals surface area contributed by atoms with E-state index >= 15 is 0 Å². The number of carbonyl (C=O) groups is 1. The molecule has 3 N–H and O–H groups in total. The first-order chi connectivity index (χ1) is 12.1. The highest BCUT2D eigenvalue weighted by Gasteiger charge is 2.46. The Labute approximate surface area is 150 Å². The van der Waals surface area contributed by atoms with E-state index in [4.69, 9.17) is 5.11 Å². The van der Waals surface area contributed by atoms with Gasteiger partial charge in [0.2, 0.25) is 0 Å². The van der Waals surface area contributed by atoms with Crippen molar-refractivity contribution in [3.05, 3.63) is 11.6 Å². The van der Waals surface area contributed by atoms with Crippen molar-refractivity contribution in [3.8, 4) is 11.8 Å². The summed E-state index contributed by atoms with van der Waals surface area (Å²) in [6, 6.07) is 0. The van der Waals surface area contributed by atoms with E-state index in [9.17, 15) is 15.0 Å². The second kappa shape index (κ2) is 8.38. The van der Waals surface area contributed by atoms with Crippen LogP contribution in [0, 0.1) is 35.5 Å². The van der Waals surface area contributed by atoms with Crippen LogP contribution in [0.25, 0.3) is 0 Å². The lowest BCUT2D eigenvalue weighted by molar-refractivity contribution is -0.136. The summed E-state index contributed by atoms with van der Waals surface area (Å²) in [4.78, 5) is 10.6. The molecule has 3 fully saturated rings. The summed E-state index contributed by atoms with van der Waals surface area (Å²) in [6.07, 6.45) is 10.1. The van der Waals surface area contributed by atoms with Crippen LogP contribution in [0.5, 0.6) is 0 Å². The zero-order valence-electron chi connectivity index (χ0n) is 14.9. The van der Waals surface area contributed by atoms with Crippen molar-refractivity contribution >= 4 is 5.97 Å². The van der Waals surface area contributed by atoms with Crippen molar-refractivity contribution < 1.29 is 20.1 Å². The maximum atomic E-state index is 10.6. The van der Waals surface area contributed by atoms with Crippen LogP contribution in [-0.2, 0) is 4.79 Å². The van der Waals surface area contributed by atoms with E-state index in [0.29, 0.717) is 24.2 Å². The number of aliphatic hydroxyl groups excluding tert-OH is 2. The van der Waals surface area contributed by atoms with Crippen molar-refractivity contribution in [2.75, 3.05) is 0 Å². The zero-order chi connectivity index (χ0) is 17.8. The molecule has 0 radical (unpaired) electrons. The topological polar surface area (TPSA) is 77.8 Å². The van der Waals surface area contributed by atoms with Crippen molar-refractivity contribution in [1.82, 2.24) is 0 Å². The van der Waals surface area contributed by atoms with E-state index in [-0.39, 0.29) is 24.5 Å². The van der Waals surface area contributed by atoms with Crippen LogP contribution >= 0.6 is 0 Å². The lowest BCUT2D eigenvalue weighted by atomic mass is 9.57. The molecule has 6 unspecified atom stereocenters. The molecule has 0 spiro atoms. The summed E-state index contributed by atoms with van der Waals surface area (Å²) in [5.41, 5.74) is 1.37. The third-order valence-electron chi connectivity index (χ3n) is 6.41. The number of allylic oxidation sites excluding steroid dienone is 2. The Kier molecular flexibility index (Phi) is 6.19. The Morgan fingerprint density at radius 1 is 1.16 bits per heavy atom. The molecular formula is C21H30O4. The predicted molar refractivity (Wildman–Crippen MR) is 95.6 cm³/mol. The summed E-state index contributed by atoms with van der Waals surface area (Å²) >= 11 is 0. The Balaban J connectivity index is 1.50. The van der Waals surface area contributed by atoms with Crippen LogP contribution in [0.15, 0.2) is 11.6 Å². The van der Waals surface area contributed by atoms with Crippen molar-refractivity contribution in [3.63, 3.8) is 0 Å². The quantitative estimate of drug-likeness (QED) is 0.528. The van der Waals surface area contributed by atoms with Crippen LogP contribution in [-0.4, -0.2) is 33.5 Å². The first-order valence-electron chi connectivity index (χ1n) is 9.81. The molecule has 0 aromatic rings. The first kappa shape index (κ1) is 18.5. The average Bonchev–Trinajstić information content (AvgIpc) is 2.95. The summed E-state index contributed by atoms with van der Waals surface area (Å²) in [6.45, 7) is 0. The molecule has 6 atom stereocenters. The van der Waals surface area contributed by atoms with Crippen LogP contribution < -0.4 is 0 Å². The van der Waals surface area contributed by atoms with Gasteiger partial charge < -0.3 is 15.3 Å². The molecule has 25 heavy (non-hydrogen) atoms. The zero-order valence-corrected chi connectivity index (χ0v) is 14.9. The van der Waals surface area contributed by atoms with Gasteiger partial charge in [-0.3, -0.25) is 4.79 Å².